The first-order valence-electron chi connectivity index (χ1n) is 2.37. The second-order valence-corrected chi connectivity index (χ2v) is 1.62. The molecular weight excluding hydrogens is 112 g/mol. The summed E-state index contributed by atoms with van der Waals surface area (Å²) in [5, 5.41) is 17.1. The first kappa shape index (κ1) is 5.97. The van der Waals surface area contributed by atoms with E-state index in [1.54, 1.807) is 6.92 Å². The van der Waals surface area contributed by atoms with Crippen molar-refractivity contribution < 1.29 is 19.7 Å². The van der Waals surface area contributed by atoms with Crippen LogP contribution in [0, 0.1) is 0 Å². The highest BCUT2D eigenvalue weighted by molar-refractivity contribution is 4.53. The highest BCUT2D eigenvalue weighted by Gasteiger charge is 2.29. The number of hydrogen-bond acceptors (Lipinski definition) is 4. The topological polar surface area (TPSA) is 58.9 Å². The Morgan fingerprint density at radius 3 is 1.62 bits per heavy atom. The van der Waals surface area contributed by atoms with E-state index in [1.807, 2.05) is 0 Å². The highest BCUT2D eigenvalue weighted by atomic mass is 16.8. The van der Waals surface area contributed by atoms with Gasteiger partial charge >= 0.3 is 0 Å². The predicted molar refractivity (Wildman–Crippen MR) is 23.6 cm³/mol. The minimum Gasteiger partial charge on any atom is -0.364 e. The van der Waals surface area contributed by atoms with Crippen molar-refractivity contribution >= 4 is 0 Å². The van der Waals surface area contributed by atoms with Gasteiger partial charge in [-0.05, 0) is 6.92 Å². The summed E-state index contributed by atoms with van der Waals surface area (Å²) >= 11 is 0. The molecule has 0 aliphatic carbocycles. The fourth-order valence-electron chi connectivity index (χ4n) is 0.559. The normalized spacial score (nSPS) is 47.6. The van der Waals surface area contributed by atoms with Gasteiger partial charge in [-0.25, -0.2) is 0 Å². The zero-order valence-electron chi connectivity index (χ0n) is 4.44. The predicted octanol–water partition coefficient (Wildman–Crippen LogP) is -0.984. The quantitative estimate of drug-likeness (QED) is 0.431. The first-order valence-corrected chi connectivity index (χ1v) is 2.37. The van der Waals surface area contributed by atoms with Crippen molar-refractivity contribution in [3.05, 3.63) is 0 Å². The molecule has 1 heterocycles. The Bertz CT molecular complexity index is 74.1. The lowest BCUT2D eigenvalue weighted by atomic mass is 10.6. The van der Waals surface area contributed by atoms with Crippen LogP contribution in [0.4, 0.5) is 0 Å². The molecule has 2 unspecified atom stereocenters. The van der Waals surface area contributed by atoms with Gasteiger partial charge < -0.3 is 19.7 Å². The molecule has 0 spiro atoms. The number of hydrogen-bond donors (Lipinski definition) is 2. The van der Waals surface area contributed by atoms with Gasteiger partial charge in [-0.15, -0.1) is 0 Å². The van der Waals surface area contributed by atoms with E-state index in [2.05, 4.69) is 9.47 Å². The molecule has 2 atom stereocenters. The monoisotopic (exact) mass is 120 g/mol. The van der Waals surface area contributed by atoms with Gasteiger partial charge in [0.15, 0.2) is 6.29 Å². The molecule has 0 aromatic carbocycles. The van der Waals surface area contributed by atoms with Gasteiger partial charge in [-0.2, -0.15) is 0 Å². The molecule has 2 N–H and O–H groups in total. The van der Waals surface area contributed by atoms with Gasteiger partial charge in [-0.3, -0.25) is 0 Å². The summed E-state index contributed by atoms with van der Waals surface area (Å²) in [5.74, 6) is 0. The third-order valence-corrected chi connectivity index (χ3v) is 0.906. The van der Waals surface area contributed by atoms with Crippen LogP contribution in [0.15, 0.2) is 0 Å². The Hall–Kier alpha value is -0.160. The fourth-order valence-corrected chi connectivity index (χ4v) is 0.559. The van der Waals surface area contributed by atoms with Gasteiger partial charge in [0.2, 0.25) is 12.6 Å². The molecule has 0 radical (unpaired) electrons. The Morgan fingerprint density at radius 2 is 1.50 bits per heavy atom. The molecule has 1 aliphatic rings. The molecule has 8 heavy (non-hydrogen) atoms. The van der Waals surface area contributed by atoms with Crippen LogP contribution in [0.2, 0.25) is 0 Å². The van der Waals surface area contributed by atoms with Gasteiger partial charge in [0.25, 0.3) is 0 Å². The number of aliphatic hydroxyl groups is 2. The lowest BCUT2D eigenvalue weighted by Crippen LogP contribution is -2.20. The van der Waals surface area contributed by atoms with Gasteiger partial charge in [0.1, 0.15) is 0 Å². The van der Waals surface area contributed by atoms with E-state index < -0.39 is 18.9 Å². The van der Waals surface area contributed by atoms with Crippen LogP contribution in [-0.4, -0.2) is 29.1 Å². The van der Waals surface area contributed by atoms with E-state index in [0.29, 0.717) is 0 Å². The Morgan fingerprint density at radius 1 is 1.12 bits per heavy atom. The molecule has 1 rings (SSSR count). The average molecular weight is 120 g/mol. The van der Waals surface area contributed by atoms with Gasteiger partial charge in [0, 0.05) is 0 Å². The largest absolute Gasteiger partial charge is 0.364 e. The van der Waals surface area contributed by atoms with Gasteiger partial charge in [0.05, 0.1) is 0 Å². The van der Waals surface area contributed by atoms with Crippen molar-refractivity contribution in [2.75, 3.05) is 0 Å². The maximum atomic E-state index is 8.57. The summed E-state index contributed by atoms with van der Waals surface area (Å²) in [6.45, 7) is 1.60. The first-order chi connectivity index (χ1) is 3.70. The molecular formula is C4H8O4. The van der Waals surface area contributed by atoms with E-state index in [0.717, 1.165) is 0 Å². The summed E-state index contributed by atoms with van der Waals surface area (Å²) in [6, 6.07) is 0. The Kier molecular flexibility index (Phi) is 1.48. The third-order valence-electron chi connectivity index (χ3n) is 0.906. The average Bonchev–Trinajstić information content (AvgIpc) is 1.85. The lowest BCUT2D eigenvalue weighted by molar-refractivity contribution is -0.133. The molecule has 0 saturated carbocycles. The van der Waals surface area contributed by atoms with Crippen molar-refractivity contribution in [1.29, 1.82) is 0 Å². The fraction of sp³-hybridized carbons (Fsp3) is 1.00. The number of rotatable bonds is 0. The van der Waals surface area contributed by atoms with Crippen molar-refractivity contribution in [2.24, 2.45) is 0 Å². The third kappa shape index (κ3) is 0.976. The van der Waals surface area contributed by atoms with E-state index in [4.69, 9.17) is 10.2 Å². The Labute approximate surface area is 46.6 Å². The zero-order chi connectivity index (χ0) is 6.15. The minimum absolute atomic E-state index is 0.500. The maximum absolute atomic E-state index is 8.57. The number of ether oxygens (including phenoxy) is 2. The Balaban J connectivity index is 2.39. The summed E-state index contributed by atoms with van der Waals surface area (Å²) in [7, 11) is 0. The summed E-state index contributed by atoms with van der Waals surface area (Å²) in [4.78, 5) is 0. The molecule has 0 aromatic rings. The maximum Gasteiger partial charge on any atom is 0.209 e. The van der Waals surface area contributed by atoms with Crippen LogP contribution >= 0.6 is 0 Å². The van der Waals surface area contributed by atoms with Crippen LogP contribution in [0.5, 0.6) is 0 Å². The van der Waals surface area contributed by atoms with E-state index in [1.165, 1.54) is 0 Å². The van der Waals surface area contributed by atoms with Gasteiger partial charge in [-0.1, -0.05) is 0 Å². The molecule has 0 aromatic heterocycles. The van der Waals surface area contributed by atoms with Crippen LogP contribution in [-0.2, 0) is 9.47 Å². The SMILES string of the molecule is CC1OC(O)C(O)O1. The molecule has 48 valence electrons. The lowest BCUT2D eigenvalue weighted by Gasteiger charge is -2.00. The van der Waals surface area contributed by atoms with Crippen LogP contribution in [0.25, 0.3) is 0 Å². The second-order valence-electron chi connectivity index (χ2n) is 1.62. The van der Waals surface area contributed by atoms with Crippen molar-refractivity contribution in [3.63, 3.8) is 0 Å². The molecule has 4 nitrogen and oxygen atoms in total. The summed E-state index contributed by atoms with van der Waals surface area (Å²) in [5.41, 5.74) is 0. The highest BCUT2D eigenvalue weighted by Crippen LogP contribution is 2.13. The molecule has 4 heteroatoms. The summed E-state index contributed by atoms with van der Waals surface area (Å²) in [6.07, 6.45) is -2.85. The number of aliphatic hydroxyl groups excluding tert-OH is 2. The van der Waals surface area contributed by atoms with Crippen molar-refractivity contribution in [2.45, 2.75) is 25.8 Å². The van der Waals surface area contributed by atoms with E-state index in [-0.39, 0.29) is 0 Å². The molecule has 1 fully saturated rings. The van der Waals surface area contributed by atoms with Crippen LogP contribution < -0.4 is 0 Å². The van der Waals surface area contributed by atoms with E-state index >= 15 is 0 Å². The molecule has 1 aliphatic heterocycles. The minimum atomic E-state index is -1.18. The van der Waals surface area contributed by atoms with Crippen molar-refractivity contribution in [3.8, 4) is 0 Å². The summed E-state index contributed by atoms with van der Waals surface area (Å²) < 4.78 is 9.11. The smallest absolute Gasteiger partial charge is 0.209 e. The standard InChI is InChI=1S/C4H8O4/c1-2-7-3(5)4(6)8-2/h2-6H,1H3. The zero-order valence-corrected chi connectivity index (χ0v) is 4.44. The van der Waals surface area contributed by atoms with Crippen molar-refractivity contribution in [1.82, 2.24) is 0 Å². The second kappa shape index (κ2) is 1.99. The van der Waals surface area contributed by atoms with E-state index in [9.17, 15) is 0 Å². The van der Waals surface area contributed by atoms with Crippen LogP contribution in [0.1, 0.15) is 6.92 Å². The van der Waals surface area contributed by atoms with Crippen LogP contribution in [0.3, 0.4) is 0 Å². The molecule has 0 bridgehead atoms. The molecule has 1 saturated heterocycles. The molecule has 0 amide bonds.